The van der Waals surface area contributed by atoms with E-state index in [9.17, 15) is 4.79 Å². The molecule has 0 bridgehead atoms. The third-order valence-corrected chi connectivity index (χ3v) is 3.26. The van der Waals surface area contributed by atoms with E-state index in [1.165, 1.54) is 0 Å². The van der Waals surface area contributed by atoms with Crippen molar-refractivity contribution in [1.29, 1.82) is 0 Å². The Morgan fingerprint density at radius 2 is 1.89 bits per heavy atom. The molecule has 0 aromatic heterocycles. The molecule has 0 heterocycles. The van der Waals surface area contributed by atoms with Crippen LogP contribution < -0.4 is 4.74 Å². The van der Waals surface area contributed by atoms with E-state index in [2.05, 4.69) is 15.9 Å². The molecule has 2 aromatic rings. The smallest absolute Gasteiger partial charge is 0.253 e. The van der Waals surface area contributed by atoms with Crippen LogP contribution >= 0.6 is 27.5 Å². The molecule has 0 amide bonds. The van der Waals surface area contributed by atoms with E-state index in [0.717, 1.165) is 5.56 Å². The van der Waals surface area contributed by atoms with Crippen molar-refractivity contribution < 1.29 is 9.53 Å². The molecule has 92 valence electrons. The molecule has 0 aliphatic carbocycles. The minimum atomic E-state index is -0.489. The van der Waals surface area contributed by atoms with Gasteiger partial charge in [-0.2, -0.15) is 0 Å². The summed E-state index contributed by atoms with van der Waals surface area (Å²) < 4.78 is 6.26. The zero-order valence-corrected chi connectivity index (χ0v) is 11.7. The molecule has 0 aliphatic rings. The molecule has 2 rings (SSSR count). The zero-order chi connectivity index (χ0) is 13.0. The van der Waals surface area contributed by atoms with Crippen LogP contribution in [0.2, 0.25) is 0 Å². The lowest BCUT2D eigenvalue weighted by Gasteiger charge is -2.07. The Morgan fingerprint density at radius 1 is 1.17 bits per heavy atom. The Hall–Kier alpha value is -1.32. The molecule has 0 spiro atoms. The monoisotopic (exact) mass is 324 g/mol. The van der Waals surface area contributed by atoms with Gasteiger partial charge in [0.2, 0.25) is 0 Å². The van der Waals surface area contributed by atoms with Crippen LogP contribution in [0.15, 0.2) is 53.0 Å². The van der Waals surface area contributed by atoms with Gasteiger partial charge in [0.25, 0.3) is 5.24 Å². The van der Waals surface area contributed by atoms with Crippen molar-refractivity contribution in [3.05, 3.63) is 64.1 Å². The second-order valence-corrected chi connectivity index (χ2v) is 4.89. The van der Waals surface area contributed by atoms with Gasteiger partial charge in [-0.25, -0.2) is 0 Å². The van der Waals surface area contributed by atoms with Crippen molar-refractivity contribution in [2.75, 3.05) is 0 Å². The normalized spacial score (nSPS) is 10.1. The summed E-state index contributed by atoms with van der Waals surface area (Å²) in [7, 11) is 0. The Kier molecular flexibility index (Phi) is 4.39. The van der Waals surface area contributed by atoms with Gasteiger partial charge < -0.3 is 4.74 Å². The predicted molar refractivity (Wildman–Crippen MR) is 75.1 cm³/mol. The van der Waals surface area contributed by atoms with E-state index in [1.807, 2.05) is 30.3 Å². The fourth-order valence-corrected chi connectivity index (χ4v) is 2.30. The van der Waals surface area contributed by atoms with Crippen LogP contribution in [0.4, 0.5) is 0 Å². The van der Waals surface area contributed by atoms with E-state index >= 15 is 0 Å². The highest BCUT2D eigenvalue weighted by atomic mass is 79.9. The first-order valence-electron chi connectivity index (χ1n) is 5.33. The highest BCUT2D eigenvalue weighted by Gasteiger charge is 2.08. The van der Waals surface area contributed by atoms with Crippen LogP contribution in [-0.4, -0.2) is 5.24 Å². The summed E-state index contributed by atoms with van der Waals surface area (Å²) in [4.78, 5) is 11.1. The second kappa shape index (κ2) is 6.03. The van der Waals surface area contributed by atoms with Crippen LogP contribution in [0.5, 0.6) is 5.75 Å². The van der Waals surface area contributed by atoms with Gasteiger partial charge in [-0.15, -0.1) is 0 Å². The maximum absolute atomic E-state index is 11.1. The average Bonchev–Trinajstić information content (AvgIpc) is 2.37. The molecule has 2 aromatic carbocycles. The van der Waals surface area contributed by atoms with Gasteiger partial charge >= 0.3 is 0 Å². The standard InChI is InChI=1S/C14H10BrClO2/c15-13-8-11(6-7-12(13)14(16)17)18-9-10-4-2-1-3-5-10/h1-8H,9H2. The van der Waals surface area contributed by atoms with Gasteiger partial charge in [-0.3, -0.25) is 4.79 Å². The number of hydrogen-bond donors (Lipinski definition) is 0. The molecular weight excluding hydrogens is 316 g/mol. The lowest BCUT2D eigenvalue weighted by atomic mass is 10.2. The first-order chi connectivity index (χ1) is 8.66. The number of carbonyl (C=O) groups excluding carboxylic acids is 1. The van der Waals surface area contributed by atoms with Gasteiger partial charge in [0.05, 0.1) is 0 Å². The SMILES string of the molecule is O=C(Cl)c1ccc(OCc2ccccc2)cc1Br. The maximum Gasteiger partial charge on any atom is 0.253 e. The molecule has 0 saturated carbocycles. The van der Waals surface area contributed by atoms with Crippen molar-refractivity contribution in [3.8, 4) is 5.75 Å². The topological polar surface area (TPSA) is 26.3 Å². The molecular formula is C14H10BrClO2. The molecule has 0 atom stereocenters. The van der Waals surface area contributed by atoms with Crippen molar-refractivity contribution in [2.24, 2.45) is 0 Å². The van der Waals surface area contributed by atoms with Crippen molar-refractivity contribution >= 4 is 32.8 Å². The molecule has 4 heteroatoms. The van der Waals surface area contributed by atoms with Gasteiger partial charge in [-0.05, 0) is 51.3 Å². The summed E-state index contributed by atoms with van der Waals surface area (Å²) in [5, 5.41) is -0.489. The summed E-state index contributed by atoms with van der Waals surface area (Å²) >= 11 is 8.71. The molecule has 0 saturated heterocycles. The van der Waals surface area contributed by atoms with Gasteiger partial charge in [0, 0.05) is 10.0 Å². The summed E-state index contributed by atoms with van der Waals surface area (Å²) in [6, 6.07) is 15.0. The van der Waals surface area contributed by atoms with Crippen molar-refractivity contribution in [1.82, 2.24) is 0 Å². The number of benzene rings is 2. The summed E-state index contributed by atoms with van der Waals surface area (Å²) in [5.74, 6) is 0.687. The largest absolute Gasteiger partial charge is 0.489 e. The van der Waals surface area contributed by atoms with E-state index in [0.29, 0.717) is 22.4 Å². The lowest BCUT2D eigenvalue weighted by molar-refractivity contribution is 0.108. The number of hydrogen-bond acceptors (Lipinski definition) is 2. The van der Waals surface area contributed by atoms with Gasteiger partial charge in [0.15, 0.2) is 0 Å². The van der Waals surface area contributed by atoms with Crippen molar-refractivity contribution in [2.45, 2.75) is 6.61 Å². The molecule has 0 unspecified atom stereocenters. The number of carbonyl (C=O) groups is 1. The van der Waals surface area contributed by atoms with Crippen molar-refractivity contribution in [3.63, 3.8) is 0 Å². The molecule has 18 heavy (non-hydrogen) atoms. The quantitative estimate of drug-likeness (QED) is 0.778. The lowest BCUT2D eigenvalue weighted by Crippen LogP contribution is -1.96. The molecule has 0 aliphatic heterocycles. The average molecular weight is 326 g/mol. The Labute approximate surface area is 119 Å². The maximum atomic E-state index is 11.1. The number of rotatable bonds is 4. The minimum Gasteiger partial charge on any atom is -0.489 e. The van der Waals surface area contributed by atoms with E-state index < -0.39 is 5.24 Å². The van der Waals surface area contributed by atoms with E-state index in [4.69, 9.17) is 16.3 Å². The molecule has 2 nitrogen and oxygen atoms in total. The van der Waals surface area contributed by atoms with Crippen LogP contribution in [-0.2, 0) is 6.61 Å². The third kappa shape index (κ3) is 3.34. The Morgan fingerprint density at radius 3 is 2.50 bits per heavy atom. The second-order valence-electron chi connectivity index (χ2n) is 3.69. The third-order valence-electron chi connectivity index (χ3n) is 2.40. The Balaban J connectivity index is 2.07. The molecule has 0 radical (unpaired) electrons. The number of ether oxygens (including phenoxy) is 1. The summed E-state index contributed by atoms with van der Waals surface area (Å²) in [5.41, 5.74) is 1.52. The van der Waals surface area contributed by atoms with Crippen LogP contribution in [0.3, 0.4) is 0 Å². The Bertz CT molecular complexity index is 555. The fraction of sp³-hybridized carbons (Fsp3) is 0.0714. The van der Waals surface area contributed by atoms with E-state index in [1.54, 1.807) is 18.2 Å². The fourth-order valence-electron chi connectivity index (χ4n) is 1.49. The molecule has 0 N–H and O–H groups in total. The molecule has 0 fully saturated rings. The highest BCUT2D eigenvalue weighted by Crippen LogP contribution is 2.24. The minimum absolute atomic E-state index is 0.434. The summed E-state index contributed by atoms with van der Waals surface area (Å²) in [6.45, 7) is 0.488. The van der Waals surface area contributed by atoms with E-state index in [-0.39, 0.29) is 0 Å². The van der Waals surface area contributed by atoms with Crippen LogP contribution in [0.1, 0.15) is 15.9 Å². The first kappa shape index (κ1) is 13.1. The highest BCUT2D eigenvalue weighted by molar-refractivity contribution is 9.10. The predicted octanol–water partition coefficient (Wildman–Crippen LogP) is 4.41. The van der Waals surface area contributed by atoms with Crippen LogP contribution in [0.25, 0.3) is 0 Å². The zero-order valence-electron chi connectivity index (χ0n) is 9.40. The van der Waals surface area contributed by atoms with Gasteiger partial charge in [-0.1, -0.05) is 30.3 Å². The summed E-state index contributed by atoms with van der Waals surface area (Å²) in [6.07, 6.45) is 0. The van der Waals surface area contributed by atoms with Gasteiger partial charge in [0.1, 0.15) is 12.4 Å². The number of halogens is 2. The first-order valence-corrected chi connectivity index (χ1v) is 6.50. The van der Waals surface area contributed by atoms with Crippen LogP contribution in [0, 0.1) is 0 Å².